The van der Waals surface area contributed by atoms with E-state index in [0.29, 0.717) is 5.78 Å². The van der Waals surface area contributed by atoms with Crippen LogP contribution < -0.4 is 5.73 Å². The number of nitrogen functional groups attached to an aromatic ring is 1. The Morgan fingerprint density at radius 2 is 2.12 bits per heavy atom. The molecule has 5 nitrogen and oxygen atoms in total. The normalized spacial score (nSPS) is 10.9. The van der Waals surface area contributed by atoms with Gasteiger partial charge in [0, 0.05) is 23.6 Å². The predicted octanol–water partition coefficient (Wildman–Crippen LogP) is 1.68. The van der Waals surface area contributed by atoms with Crippen molar-refractivity contribution in [3.63, 3.8) is 0 Å². The lowest BCUT2D eigenvalue weighted by atomic mass is 10.1. The van der Waals surface area contributed by atoms with Crippen molar-refractivity contribution >= 4 is 11.5 Å². The van der Waals surface area contributed by atoms with Crippen molar-refractivity contribution < 1.29 is 0 Å². The van der Waals surface area contributed by atoms with Crippen LogP contribution in [0.15, 0.2) is 36.7 Å². The van der Waals surface area contributed by atoms with Gasteiger partial charge in [-0.15, -0.1) is 10.2 Å². The molecule has 5 heteroatoms. The van der Waals surface area contributed by atoms with Crippen molar-refractivity contribution in [1.29, 1.82) is 0 Å². The van der Waals surface area contributed by atoms with Gasteiger partial charge in [-0.1, -0.05) is 0 Å². The molecule has 0 radical (unpaired) electrons. The minimum atomic E-state index is 0.596. The molecule has 0 fully saturated rings. The standard InChI is InChI=1S/C12H11N5/c1-8-7-9(13)3-4-10(8)11-15-16-12-14-5-2-6-17(11)12/h2-7H,13H2,1H3. The first-order chi connectivity index (χ1) is 8.25. The minimum Gasteiger partial charge on any atom is -0.399 e. The Hall–Kier alpha value is -2.43. The summed E-state index contributed by atoms with van der Waals surface area (Å²) in [6.45, 7) is 2.00. The Morgan fingerprint density at radius 3 is 2.94 bits per heavy atom. The van der Waals surface area contributed by atoms with Crippen molar-refractivity contribution in [2.75, 3.05) is 5.73 Å². The highest BCUT2D eigenvalue weighted by Crippen LogP contribution is 2.23. The van der Waals surface area contributed by atoms with Gasteiger partial charge in [0.05, 0.1) is 0 Å². The van der Waals surface area contributed by atoms with Crippen LogP contribution in [0.25, 0.3) is 17.2 Å². The Morgan fingerprint density at radius 1 is 1.24 bits per heavy atom. The molecule has 84 valence electrons. The topological polar surface area (TPSA) is 69.1 Å². The number of benzene rings is 1. The van der Waals surface area contributed by atoms with Gasteiger partial charge in [-0.2, -0.15) is 0 Å². The number of hydrogen-bond donors (Lipinski definition) is 1. The first-order valence-electron chi connectivity index (χ1n) is 5.28. The molecule has 0 saturated carbocycles. The summed E-state index contributed by atoms with van der Waals surface area (Å²) in [5, 5.41) is 8.19. The van der Waals surface area contributed by atoms with Gasteiger partial charge in [0.15, 0.2) is 5.82 Å². The number of nitrogens with zero attached hydrogens (tertiary/aromatic N) is 4. The lowest BCUT2D eigenvalue weighted by Gasteiger charge is -2.04. The van der Waals surface area contributed by atoms with Crippen molar-refractivity contribution in [3.8, 4) is 11.4 Å². The van der Waals surface area contributed by atoms with Crippen molar-refractivity contribution in [1.82, 2.24) is 19.6 Å². The van der Waals surface area contributed by atoms with Crippen LogP contribution in [0.4, 0.5) is 5.69 Å². The van der Waals surface area contributed by atoms with Crippen molar-refractivity contribution in [2.24, 2.45) is 0 Å². The zero-order chi connectivity index (χ0) is 11.8. The van der Waals surface area contributed by atoms with Gasteiger partial charge in [-0.25, -0.2) is 4.98 Å². The van der Waals surface area contributed by atoms with Gasteiger partial charge >= 0.3 is 0 Å². The van der Waals surface area contributed by atoms with E-state index in [1.165, 1.54) is 0 Å². The van der Waals surface area contributed by atoms with Crippen molar-refractivity contribution in [3.05, 3.63) is 42.2 Å². The number of aromatic nitrogens is 4. The molecule has 0 bridgehead atoms. The zero-order valence-corrected chi connectivity index (χ0v) is 9.33. The van der Waals surface area contributed by atoms with E-state index in [0.717, 1.165) is 22.6 Å². The summed E-state index contributed by atoms with van der Waals surface area (Å²) in [7, 11) is 0. The van der Waals surface area contributed by atoms with E-state index in [9.17, 15) is 0 Å². The number of hydrogen-bond acceptors (Lipinski definition) is 4. The Labute approximate surface area is 97.9 Å². The van der Waals surface area contributed by atoms with E-state index in [-0.39, 0.29) is 0 Å². The summed E-state index contributed by atoms with van der Waals surface area (Å²) in [4.78, 5) is 4.14. The molecule has 0 aliphatic carbocycles. The van der Waals surface area contributed by atoms with Crippen LogP contribution in [0.3, 0.4) is 0 Å². The fraction of sp³-hybridized carbons (Fsp3) is 0.0833. The van der Waals surface area contributed by atoms with E-state index < -0.39 is 0 Å². The number of fused-ring (bicyclic) bond motifs is 1. The van der Waals surface area contributed by atoms with Gasteiger partial charge < -0.3 is 5.73 Å². The average molecular weight is 225 g/mol. The summed E-state index contributed by atoms with van der Waals surface area (Å²) < 4.78 is 1.86. The SMILES string of the molecule is Cc1cc(N)ccc1-c1nnc2ncccn12. The Kier molecular flexibility index (Phi) is 2.04. The van der Waals surface area contributed by atoms with E-state index in [1.54, 1.807) is 6.20 Å². The second-order valence-electron chi connectivity index (χ2n) is 3.89. The highest BCUT2D eigenvalue weighted by molar-refractivity contribution is 5.65. The van der Waals surface area contributed by atoms with Crippen LogP contribution in [0.1, 0.15) is 5.56 Å². The molecule has 2 aromatic heterocycles. The highest BCUT2D eigenvalue weighted by Gasteiger charge is 2.10. The number of aryl methyl sites for hydroxylation is 1. The van der Waals surface area contributed by atoms with Gasteiger partial charge in [0.2, 0.25) is 0 Å². The van der Waals surface area contributed by atoms with Crippen molar-refractivity contribution in [2.45, 2.75) is 6.92 Å². The third-order valence-corrected chi connectivity index (χ3v) is 2.68. The van der Waals surface area contributed by atoms with Crippen LogP contribution in [0, 0.1) is 6.92 Å². The Balaban J connectivity index is 2.27. The van der Waals surface area contributed by atoms with E-state index >= 15 is 0 Å². The molecule has 3 aromatic rings. The third-order valence-electron chi connectivity index (χ3n) is 2.68. The maximum absolute atomic E-state index is 5.74. The summed E-state index contributed by atoms with van der Waals surface area (Å²) in [6.07, 6.45) is 3.59. The molecule has 0 amide bonds. The van der Waals surface area contributed by atoms with E-state index in [2.05, 4.69) is 15.2 Å². The number of anilines is 1. The zero-order valence-electron chi connectivity index (χ0n) is 9.33. The minimum absolute atomic E-state index is 0.596. The molecule has 1 aromatic carbocycles. The molecule has 2 N–H and O–H groups in total. The fourth-order valence-electron chi connectivity index (χ4n) is 1.86. The summed E-state index contributed by atoms with van der Waals surface area (Å²) in [6, 6.07) is 7.59. The molecule has 0 aliphatic heterocycles. The van der Waals surface area contributed by atoms with Crippen LogP contribution in [0.5, 0.6) is 0 Å². The van der Waals surface area contributed by atoms with Crippen LogP contribution in [-0.4, -0.2) is 19.6 Å². The molecule has 17 heavy (non-hydrogen) atoms. The molecular weight excluding hydrogens is 214 g/mol. The molecular formula is C12H11N5. The first kappa shape index (κ1) is 9.77. The average Bonchev–Trinajstić information content (AvgIpc) is 2.73. The summed E-state index contributed by atoms with van der Waals surface area (Å²) in [5.74, 6) is 1.38. The Bertz CT molecular complexity index is 686. The summed E-state index contributed by atoms with van der Waals surface area (Å²) in [5.41, 5.74) is 8.57. The molecule has 0 spiro atoms. The van der Waals surface area contributed by atoms with Crippen LogP contribution in [-0.2, 0) is 0 Å². The molecule has 3 rings (SSSR count). The largest absolute Gasteiger partial charge is 0.399 e. The predicted molar refractivity (Wildman–Crippen MR) is 65.4 cm³/mol. The first-order valence-corrected chi connectivity index (χ1v) is 5.28. The molecule has 0 unspecified atom stereocenters. The van der Waals surface area contributed by atoms with Crippen LogP contribution in [0.2, 0.25) is 0 Å². The van der Waals surface area contributed by atoms with Gasteiger partial charge in [-0.3, -0.25) is 4.40 Å². The maximum atomic E-state index is 5.74. The lowest BCUT2D eigenvalue weighted by Crippen LogP contribution is -1.93. The second kappa shape index (κ2) is 3.55. The molecule has 0 aliphatic rings. The molecule has 0 saturated heterocycles. The van der Waals surface area contributed by atoms with Gasteiger partial charge in [-0.05, 0) is 36.8 Å². The van der Waals surface area contributed by atoms with E-state index in [1.807, 2.05) is 41.8 Å². The monoisotopic (exact) mass is 225 g/mol. The summed E-state index contributed by atoms with van der Waals surface area (Å²) >= 11 is 0. The molecule has 2 heterocycles. The third kappa shape index (κ3) is 1.52. The van der Waals surface area contributed by atoms with Crippen LogP contribution >= 0.6 is 0 Å². The second-order valence-corrected chi connectivity index (χ2v) is 3.89. The van der Waals surface area contributed by atoms with E-state index in [4.69, 9.17) is 5.73 Å². The van der Waals surface area contributed by atoms with Gasteiger partial charge in [0.25, 0.3) is 5.78 Å². The lowest BCUT2D eigenvalue weighted by molar-refractivity contribution is 1.10. The maximum Gasteiger partial charge on any atom is 0.255 e. The smallest absolute Gasteiger partial charge is 0.255 e. The fourth-order valence-corrected chi connectivity index (χ4v) is 1.86. The quantitative estimate of drug-likeness (QED) is 0.640. The molecule has 0 atom stereocenters. The highest BCUT2D eigenvalue weighted by atomic mass is 15.3. The number of nitrogens with two attached hydrogens (primary N) is 1. The number of rotatable bonds is 1. The van der Waals surface area contributed by atoms with Gasteiger partial charge in [0.1, 0.15) is 0 Å².